The van der Waals surface area contributed by atoms with E-state index in [1.165, 1.54) is 0 Å². The van der Waals surface area contributed by atoms with E-state index >= 15 is 0 Å². The lowest BCUT2D eigenvalue weighted by molar-refractivity contribution is -0.0793. The van der Waals surface area contributed by atoms with Gasteiger partial charge < -0.3 is 14.5 Å². The van der Waals surface area contributed by atoms with E-state index in [1.54, 1.807) is 29.2 Å². The molecule has 31 heavy (non-hydrogen) atoms. The third-order valence-electron chi connectivity index (χ3n) is 4.87. The zero-order chi connectivity index (χ0) is 23.3. The van der Waals surface area contributed by atoms with Crippen LogP contribution in [0.25, 0.3) is 16.3 Å². The molecule has 0 radical (unpaired) electrons. The van der Waals surface area contributed by atoms with Crippen LogP contribution < -0.4 is 0 Å². The topological polar surface area (TPSA) is 80.3 Å². The second-order valence-electron chi connectivity index (χ2n) is 9.05. The third-order valence-corrected chi connectivity index (χ3v) is 5.97. The van der Waals surface area contributed by atoms with Gasteiger partial charge in [-0.15, -0.1) is 11.3 Å². The molecular formula is C23H28N4O3S. The number of carbonyl (C=O) groups is 1. The van der Waals surface area contributed by atoms with Gasteiger partial charge in [0.25, 0.3) is 0 Å². The number of para-hydroxylation sites is 1. The molecule has 1 N–H and O–H groups in total. The predicted octanol–water partition coefficient (Wildman–Crippen LogP) is 5.45. The van der Waals surface area contributed by atoms with Crippen LogP contribution in [0.5, 0.6) is 0 Å². The molecule has 1 unspecified atom stereocenters. The normalized spacial score (nSPS) is 21.7. The number of benzene rings is 1. The van der Waals surface area contributed by atoms with Crippen molar-refractivity contribution in [3.8, 4) is 0 Å². The Hall–Kier alpha value is -2.71. The first-order valence-electron chi connectivity index (χ1n) is 10.7. The number of carbonyl (C=O) groups excluding carboxylic acids is 1. The fourth-order valence-electron chi connectivity index (χ4n) is 3.65. The van der Waals surface area contributed by atoms with Crippen LogP contribution in [0.1, 0.15) is 58.6 Å². The van der Waals surface area contributed by atoms with Crippen LogP contribution in [0, 0.1) is 6.92 Å². The summed E-state index contributed by atoms with van der Waals surface area (Å²) in [5, 5.41) is 0.784. The maximum Gasteiger partial charge on any atom is 0.413 e. The van der Waals surface area contributed by atoms with Crippen LogP contribution >= 0.6 is 11.3 Å². The quantitative estimate of drug-likeness (QED) is 0.583. The minimum absolute atomic E-state index is 0.150. The zero-order valence-electron chi connectivity index (χ0n) is 19.6. The number of hydrogen-bond donors (Lipinski definition) is 1. The highest BCUT2D eigenvalue weighted by Gasteiger charge is 2.51. The summed E-state index contributed by atoms with van der Waals surface area (Å²) in [5.41, 5.74) is -0.109. The van der Waals surface area contributed by atoms with Gasteiger partial charge in [-0.3, -0.25) is 4.90 Å². The Balaban J connectivity index is 1.77. The van der Waals surface area contributed by atoms with Crippen molar-refractivity contribution in [1.82, 2.24) is 19.9 Å². The van der Waals surface area contributed by atoms with Gasteiger partial charge in [0.05, 0.1) is 29.5 Å². The molecular weight excluding hydrogens is 412 g/mol. The van der Waals surface area contributed by atoms with E-state index in [-0.39, 0.29) is 6.17 Å². The summed E-state index contributed by atoms with van der Waals surface area (Å²) in [5.74, 6) is 0.657. The van der Waals surface area contributed by atoms with Crippen LogP contribution in [0.15, 0.2) is 36.5 Å². The average molecular weight is 443 g/mol. The molecule has 0 spiro atoms. The Morgan fingerprint density at radius 1 is 1.39 bits per heavy atom. The summed E-state index contributed by atoms with van der Waals surface area (Å²) in [6.07, 6.45) is 2.84. The molecule has 0 aliphatic carbocycles. The minimum Gasteiger partial charge on any atom is -0.444 e. The van der Waals surface area contributed by atoms with Crippen LogP contribution in [0.3, 0.4) is 0 Å². The van der Waals surface area contributed by atoms with Crippen molar-refractivity contribution in [2.75, 3.05) is 0 Å². The number of amides is 1. The van der Waals surface area contributed by atoms with Gasteiger partial charge in [-0.2, -0.15) is 0 Å². The maximum atomic E-state index is 13.2. The van der Waals surface area contributed by atoms with Gasteiger partial charge in [0.2, 0.25) is 0 Å². The number of ether oxygens (including phenoxy) is 2. The Kier molecular flexibility index (Phi) is 5.06. The first-order valence-corrected chi connectivity index (χ1v) is 11.0. The smallest absolute Gasteiger partial charge is 0.413 e. The highest BCUT2D eigenvalue weighted by molar-refractivity contribution is 7.18. The van der Waals surface area contributed by atoms with E-state index in [1.807, 2.05) is 65.0 Å². The van der Waals surface area contributed by atoms with Crippen LogP contribution in [0.4, 0.5) is 4.79 Å². The summed E-state index contributed by atoms with van der Waals surface area (Å²) in [4.78, 5) is 26.8. The summed E-state index contributed by atoms with van der Waals surface area (Å²) in [7, 11) is 0. The van der Waals surface area contributed by atoms with Gasteiger partial charge in [-0.05, 0) is 59.8 Å². The molecule has 3 aromatic rings. The van der Waals surface area contributed by atoms with Crippen molar-refractivity contribution in [3.05, 3.63) is 53.0 Å². The van der Waals surface area contributed by atoms with E-state index in [4.69, 9.17) is 15.8 Å². The number of nitrogens with one attached hydrogen (secondary N) is 1. The minimum atomic E-state index is -0.923. The van der Waals surface area contributed by atoms with Gasteiger partial charge in [0, 0.05) is 0 Å². The molecule has 0 bridgehead atoms. The van der Waals surface area contributed by atoms with Crippen molar-refractivity contribution in [2.45, 2.75) is 65.0 Å². The van der Waals surface area contributed by atoms with Crippen molar-refractivity contribution in [2.24, 2.45) is 0 Å². The molecule has 1 aromatic carbocycles. The number of nitrogens with zero attached hydrogens (tertiary/aromatic N) is 3. The Morgan fingerprint density at radius 3 is 2.77 bits per heavy atom. The van der Waals surface area contributed by atoms with Gasteiger partial charge in [-0.1, -0.05) is 18.2 Å². The van der Waals surface area contributed by atoms with E-state index in [2.05, 4.69) is 9.97 Å². The van der Waals surface area contributed by atoms with E-state index in [9.17, 15) is 4.79 Å². The number of aromatic nitrogens is 3. The molecule has 164 valence electrons. The Bertz CT molecular complexity index is 1140. The van der Waals surface area contributed by atoms with Crippen LogP contribution in [-0.2, 0) is 9.47 Å². The first kappa shape index (κ1) is 20.2. The summed E-state index contributed by atoms with van der Waals surface area (Å²) >= 11 is 1.55. The van der Waals surface area contributed by atoms with Crippen molar-refractivity contribution in [3.63, 3.8) is 0 Å². The largest absolute Gasteiger partial charge is 0.444 e. The molecule has 1 fully saturated rings. The number of imidazole rings is 1. The lowest BCUT2D eigenvalue weighted by Gasteiger charge is -2.34. The lowest BCUT2D eigenvalue weighted by Crippen LogP contribution is -2.49. The standard InChI is InChI=1S/C23H28N4O3S/c1-14-24-13-15(25-14)11-12-17-19(20-26-16-9-7-8-10-18(16)31-20)29-23(5,6)27(17)21(28)30-22(2,3)4/h7-13,17,19H,1-6H3,(H,24,25)/b12-11+/t17-,19?/m0/s1/i13T. The fraction of sp³-hybridized carbons (Fsp3) is 0.435. The average Bonchev–Trinajstić information content (AvgIpc) is 3.31. The molecule has 2 atom stereocenters. The van der Waals surface area contributed by atoms with Gasteiger partial charge in [0.15, 0.2) is 0 Å². The molecule has 1 saturated heterocycles. The summed E-state index contributed by atoms with van der Waals surface area (Å²) < 4.78 is 21.2. The second-order valence-corrected chi connectivity index (χ2v) is 10.1. The third kappa shape index (κ3) is 4.50. The molecule has 8 heteroatoms. The zero-order valence-corrected chi connectivity index (χ0v) is 19.4. The van der Waals surface area contributed by atoms with E-state index < -0.39 is 29.6 Å². The highest BCUT2D eigenvalue weighted by Crippen LogP contribution is 2.44. The number of thiazole rings is 1. The number of aryl methyl sites for hydroxylation is 1. The van der Waals surface area contributed by atoms with Gasteiger partial charge in [0.1, 0.15) is 28.3 Å². The van der Waals surface area contributed by atoms with Crippen LogP contribution in [-0.4, -0.2) is 43.3 Å². The summed E-state index contributed by atoms with van der Waals surface area (Å²) in [6, 6.07) is 7.43. The molecule has 1 aliphatic rings. The predicted molar refractivity (Wildman–Crippen MR) is 122 cm³/mol. The number of rotatable bonds is 3. The maximum absolute atomic E-state index is 13.2. The molecule has 1 amide bonds. The van der Waals surface area contributed by atoms with E-state index in [0.717, 1.165) is 15.2 Å². The molecule has 2 aromatic heterocycles. The molecule has 4 rings (SSSR count). The molecule has 3 heterocycles. The fourth-order valence-corrected chi connectivity index (χ4v) is 4.69. The lowest BCUT2D eigenvalue weighted by atomic mass is 10.1. The summed E-state index contributed by atoms with van der Waals surface area (Å²) in [6.45, 7) is 11.0. The molecule has 1 aliphatic heterocycles. The SMILES string of the molecule is [3H]c1nc(C)[nH]c1/C=C/[C@H]1C(c2nc3ccccc3s2)OC(C)(C)N1C(=O)OC(C)(C)C. The monoisotopic (exact) mass is 442 g/mol. The van der Waals surface area contributed by atoms with Crippen LogP contribution in [0.2, 0.25) is 0 Å². The van der Waals surface area contributed by atoms with Crippen molar-refractivity contribution in [1.29, 1.82) is 0 Å². The second kappa shape index (κ2) is 7.76. The molecule has 7 nitrogen and oxygen atoms in total. The van der Waals surface area contributed by atoms with E-state index in [0.29, 0.717) is 11.5 Å². The number of H-pyrrole nitrogens is 1. The van der Waals surface area contributed by atoms with Gasteiger partial charge >= 0.3 is 6.09 Å². The molecule has 0 saturated carbocycles. The van der Waals surface area contributed by atoms with Crippen molar-refractivity contribution < 1.29 is 15.6 Å². The Morgan fingerprint density at radius 2 is 2.13 bits per heavy atom. The number of aromatic amines is 1. The highest BCUT2D eigenvalue weighted by atomic mass is 32.1. The number of fused-ring (bicyclic) bond motifs is 1. The van der Waals surface area contributed by atoms with Gasteiger partial charge in [-0.25, -0.2) is 14.8 Å². The van der Waals surface area contributed by atoms with Crippen molar-refractivity contribution >= 4 is 33.7 Å². The Labute approximate surface area is 187 Å². The first-order chi connectivity index (χ1) is 14.9. The number of hydrogen-bond acceptors (Lipinski definition) is 6.